The Bertz CT molecular complexity index is 361. The minimum atomic E-state index is -0.296. The molecule has 96 valence electrons. The molecule has 1 saturated carbocycles. The molecule has 0 radical (unpaired) electrons. The van der Waals surface area contributed by atoms with Gasteiger partial charge in [-0.2, -0.15) is 5.10 Å². The summed E-state index contributed by atoms with van der Waals surface area (Å²) < 4.78 is 0. The van der Waals surface area contributed by atoms with Crippen molar-refractivity contribution in [3.63, 3.8) is 0 Å². The highest BCUT2D eigenvalue weighted by atomic mass is 15.2. The van der Waals surface area contributed by atoms with E-state index in [-0.39, 0.29) is 5.54 Å². The number of rotatable bonds is 3. The largest absolute Gasteiger partial charge is 0.319 e. The molecule has 0 saturated heterocycles. The van der Waals surface area contributed by atoms with Crippen molar-refractivity contribution >= 4 is 0 Å². The zero-order valence-corrected chi connectivity index (χ0v) is 11.2. The monoisotopic (exact) mass is 236 g/mol. The lowest BCUT2D eigenvalue weighted by Crippen LogP contribution is -2.41. The SMILES string of the molecule is CCC1CCC(N)(c2n[nH]c(C(C)C)n2)CC1. The minimum Gasteiger partial charge on any atom is -0.319 e. The van der Waals surface area contributed by atoms with E-state index in [0.29, 0.717) is 5.92 Å². The summed E-state index contributed by atoms with van der Waals surface area (Å²) in [5.41, 5.74) is 6.17. The van der Waals surface area contributed by atoms with E-state index in [9.17, 15) is 0 Å². The third kappa shape index (κ3) is 2.51. The van der Waals surface area contributed by atoms with Gasteiger partial charge in [-0.25, -0.2) is 4.98 Å². The molecule has 0 aromatic carbocycles. The quantitative estimate of drug-likeness (QED) is 0.847. The first-order valence-electron chi connectivity index (χ1n) is 6.77. The number of nitrogens with one attached hydrogen (secondary N) is 1. The van der Waals surface area contributed by atoms with Gasteiger partial charge in [-0.1, -0.05) is 27.2 Å². The van der Waals surface area contributed by atoms with Crippen molar-refractivity contribution in [2.75, 3.05) is 0 Å². The lowest BCUT2D eigenvalue weighted by Gasteiger charge is -2.34. The molecule has 0 spiro atoms. The zero-order chi connectivity index (χ0) is 12.5. The zero-order valence-electron chi connectivity index (χ0n) is 11.2. The Morgan fingerprint density at radius 2 is 2.06 bits per heavy atom. The molecule has 1 fully saturated rings. The van der Waals surface area contributed by atoms with Crippen LogP contribution in [0.3, 0.4) is 0 Å². The number of aromatic amines is 1. The summed E-state index contributed by atoms with van der Waals surface area (Å²) in [7, 11) is 0. The van der Waals surface area contributed by atoms with E-state index in [1.54, 1.807) is 0 Å². The van der Waals surface area contributed by atoms with Crippen LogP contribution in [0.4, 0.5) is 0 Å². The van der Waals surface area contributed by atoms with Crippen molar-refractivity contribution in [2.45, 2.75) is 64.3 Å². The van der Waals surface area contributed by atoms with Gasteiger partial charge in [0.25, 0.3) is 0 Å². The molecule has 0 atom stereocenters. The molecule has 1 aromatic heterocycles. The van der Waals surface area contributed by atoms with Gasteiger partial charge >= 0.3 is 0 Å². The third-order valence-electron chi connectivity index (χ3n) is 4.07. The average Bonchev–Trinajstić information content (AvgIpc) is 2.80. The number of H-pyrrole nitrogens is 1. The van der Waals surface area contributed by atoms with Crippen LogP contribution in [0.25, 0.3) is 0 Å². The normalized spacial score (nSPS) is 29.8. The Morgan fingerprint density at radius 3 is 2.53 bits per heavy atom. The molecule has 1 aliphatic rings. The highest BCUT2D eigenvalue weighted by molar-refractivity contribution is 5.08. The van der Waals surface area contributed by atoms with Crippen molar-refractivity contribution in [3.05, 3.63) is 11.6 Å². The van der Waals surface area contributed by atoms with E-state index in [4.69, 9.17) is 5.73 Å². The second kappa shape index (κ2) is 4.77. The second-order valence-electron chi connectivity index (χ2n) is 5.71. The van der Waals surface area contributed by atoms with Crippen molar-refractivity contribution in [1.82, 2.24) is 15.2 Å². The minimum absolute atomic E-state index is 0.296. The third-order valence-corrected chi connectivity index (χ3v) is 4.07. The fourth-order valence-electron chi connectivity index (χ4n) is 2.58. The topological polar surface area (TPSA) is 67.6 Å². The molecule has 0 bridgehead atoms. The van der Waals surface area contributed by atoms with Gasteiger partial charge in [-0.3, -0.25) is 5.10 Å². The molecular weight excluding hydrogens is 212 g/mol. The summed E-state index contributed by atoms with van der Waals surface area (Å²) in [4.78, 5) is 4.56. The molecule has 3 N–H and O–H groups in total. The van der Waals surface area contributed by atoms with Crippen molar-refractivity contribution in [2.24, 2.45) is 11.7 Å². The first kappa shape index (κ1) is 12.6. The summed E-state index contributed by atoms with van der Waals surface area (Å²) in [6.07, 6.45) is 5.71. The Kier molecular flexibility index (Phi) is 3.52. The van der Waals surface area contributed by atoms with Crippen LogP contribution in [0, 0.1) is 5.92 Å². The molecule has 1 heterocycles. The van der Waals surface area contributed by atoms with Gasteiger partial charge in [-0.15, -0.1) is 0 Å². The number of nitrogens with two attached hydrogens (primary N) is 1. The first-order valence-corrected chi connectivity index (χ1v) is 6.77. The second-order valence-corrected chi connectivity index (χ2v) is 5.71. The van der Waals surface area contributed by atoms with E-state index in [1.807, 2.05) is 0 Å². The fourth-order valence-corrected chi connectivity index (χ4v) is 2.58. The average molecular weight is 236 g/mol. The Hall–Kier alpha value is -0.900. The molecule has 17 heavy (non-hydrogen) atoms. The summed E-state index contributed by atoms with van der Waals surface area (Å²) in [6.45, 7) is 6.49. The van der Waals surface area contributed by atoms with Crippen molar-refractivity contribution in [1.29, 1.82) is 0 Å². The highest BCUT2D eigenvalue weighted by Crippen LogP contribution is 2.37. The van der Waals surface area contributed by atoms with Crippen LogP contribution in [0.2, 0.25) is 0 Å². The molecular formula is C13H24N4. The number of nitrogens with zero attached hydrogens (tertiary/aromatic N) is 2. The van der Waals surface area contributed by atoms with Gasteiger partial charge < -0.3 is 5.73 Å². The van der Waals surface area contributed by atoms with E-state index >= 15 is 0 Å². The smallest absolute Gasteiger partial charge is 0.170 e. The molecule has 0 amide bonds. The van der Waals surface area contributed by atoms with E-state index in [2.05, 4.69) is 36.0 Å². The maximum Gasteiger partial charge on any atom is 0.170 e. The standard InChI is InChI=1S/C13H24N4/c1-4-10-5-7-13(14,8-6-10)12-15-11(9(2)3)16-17-12/h9-10H,4-8,14H2,1-3H3,(H,15,16,17). The molecule has 1 aliphatic carbocycles. The molecule has 2 rings (SSSR count). The van der Waals surface area contributed by atoms with E-state index in [0.717, 1.165) is 30.4 Å². The van der Waals surface area contributed by atoms with E-state index < -0.39 is 0 Å². The summed E-state index contributed by atoms with van der Waals surface area (Å²) in [5.74, 6) is 2.99. The number of aromatic nitrogens is 3. The van der Waals surface area contributed by atoms with Gasteiger partial charge in [0, 0.05) is 5.92 Å². The predicted molar refractivity (Wildman–Crippen MR) is 68.6 cm³/mol. The van der Waals surface area contributed by atoms with Crippen LogP contribution in [-0.4, -0.2) is 15.2 Å². The summed E-state index contributed by atoms with van der Waals surface area (Å²) in [5, 5.41) is 7.33. The number of hydrogen-bond donors (Lipinski definition) is 2. The summed E-state index contributed by atoms with van der Waals surface area (Å²) in [6, 6.07) is 0. The molecule has 4 heteroatoms. The Morgan fingerprint density at radius 1 is 1.41 bits per heavy atom. The molecule has 4 nitrogen and oxygen atoms in total. The van der Waals surface area contributed by atoms with Crippen LogP contribution < -0.4 is 5.73 Å². The highest BCUT2D eigenvalue weighted by Gasteiger charge is 2.36. The Balaban J connectivity index is 2.10. The maximum absolute atomic E-state index is 6.47. The lowest BCUT2D eigenvalue weighted by atomic mass is 9.76. The van der Waals surface area contributed by atoms with Gasteiger partial charge in [0.15, 0.2) is 5.82 Å². The van der Waals surface area contributed by atoms with Crippen LogP contribution in [-0.2, 0) is 5.54 Å². The summed E-state index contributed by atoms with van der Waals surface area (Å²) >= 11 is 0. The van der Waals surface area contributed by atoms with Gasteiger partial charge in [0.2, 0.25) is 0 Å². The van der Waals surface area contributed by atoms with Crippen LogP contribution in [0.5, 0.6) is 0 Å². The number of hydrogen-bond acceptors (Lipinski definition) is 3. The van der Waals surface area contributed by atoms with Gasteiger partial charge in [-0.05, 0) is 31.6 Å². The van der Waals surface area contributed by atoms with E-state index in [1.165, 1.54) is 19.3 Å². The van der Waals surface area contributed by atoms with Crippen LogP contribution in [0.1, 0.15) is 70.4 Å². The van der Waals surface area contributed by atoms with Crippen molar-refractivity contribution in [3.8, 4) is 0 Å². The lowest BCUT2D eigenvalue weighted by molar-refractivity contribution is 0.222. The Labute approximate surface area is 103 Å². The fraction of sp³-hybridized carbons (Fsp3) is 0.846. The van der Waals surface area contributed by atoms with Crippen molar-refractivity contribution < 1.29 is 0 Å². The van der Waals surface area contributed by atoms with Gasteiger partial charge in [0.05, 0.1) is 5.54 Å². The van der Waals surface area contributed by atoms with Gasteiger partial charge in [0.1, 0.15) is 5.82 Å². The maximum atomic E-state index is 6.47. The van der Waals surface area contributed by atoms with Crippen LogP contribution in [0.15, 0.2) is 0 Å². The molecule has 1 aromatic rings. The molecule has 0 unspecified atom stereocenters. The molecule has 0 aliphatic heterocycles. The van der Waals surface area contributed by atoms with Crippen LogP contribution >= 0.6 is 0 Å². The predicted octanol–water partition coefficient (Wildman–Crippen LogP) is 2.68. The first-order chi connectivity index (χ1) is 8.05.